The molecule has 0 aliphatic rings. The molecule has 0 N–H and O–H groups in total. The Kier molecular flexibility index (Phi) is 1.34. The molecule has 2 aromatic heterocycles. The molecular formula is C3H3N7O3. The molecule has 2 heterocycles. The maximum absolute atomic E-state index is 11.0. The van der Waals surface area contributed by atoms with Gasteiger partial charge in [-0.2, -0.15) is 0 Å². The van der Waals surface area contributed by atoms with Crippen LogP contribution in [0.4, 0.5) is 0 Å². The Morgan fingerprint density at radius 1 is 1.46 bits per heavy atom. The van der Waals surface area contributed by atoms with E-state index in [4.69, 9.17) is 0 Å². The lowest BCUT2D eigenvalue weighted by Gasteiger charge is -1.94. The van der Waals surface area contributed by atoms with Gasteiger partial charge in [-0.05, 0) is 10.1 Å². The van der Waals surface area contributed by atoms with E-state index in [0.29, 0.717) is 0 Å². The SMILES string of the molecule is COn1nnc2n[n+]([O-])n[n+]([O-])c21. The van der Waals surface area contributed by atoms with Crippen LogP contribution in [-0.4, -0.2) is 32.6 Å². The quantitative estimate of drug-likeness (QED) is 0.334. The predicted octanol–water partition coefficient (Wildman–Crippen LogP) is -3.45. The molecule has 0 aromatic carbocycles. The number of aromatic nitrogens is 7. The van der Waals surface area contributed by atoms with Gasteiger partial charge in [-0.25, -0.2) is 0 Å². The lowest BCUT2D eigenvalue weighted by Crippen LogP contribution is -2.51. The first-order valence-electron chi connectivity index (χ1n) is 3.10. The van der Waals surface area contributed by atoms with Crippen LogP contribution in [0.2, 0.25) is 0 Å². The van der Waals surface area contributed by atoms with E-state index in [9.17, 15) is 10.4 Å². The molecule has 2 aromatic rings. The fraction of sp³-hybridized carbons (Fsp3) is 0.333. The van der Waals surface area contributed by atoms with Gasteiger partial charge in [0.15, 0.2) is 0 Å². The molecule has 10 nitrogen and oxygen atoms in total. The molecule has 0 saturated heterocycles. The number of nitrogens with zero attached hydrogens (tertiary/aromatic N) is 7. The Morgan fingerprint density at radius 3 is 2.92 bits per heavy atom. The number of hydrogen-bond acceptors (Lipinski definition) is 7. The minimum Gasteiger partial charge on any atom is -0.588 e. The third-order valence-corrected chi connectivity index (χ3v) is 1.29. The molecule has 0 spiro atoms. The van der Waals surface area contributed by atoms with Crippen molar-refractivity contribution in [3.05, 3.63) is 10.4 Å². The summed E-state index contributed by atoms with van der Waals surface area (Å²) in [6.45, 7) is 0. The van der Waals surface area contributed by atoms with Gasteiger partial charge in [0.2, 0.25) is 0 Å². The largest absolute Gasteiger partial charge is 0.588 e. The van der Waals surface area contributed by atoms with Crippen LogP contribution in [0.3, 0.4) is 0 Å². The van der Waals surface area contributed by atoms with E-state index in [-0.39, 0.29) is 21.1 Å². The molecule has 0 aliphatic heterocycles. The number of hydrogen-bond donors (Lipinski definition) is 0. The Morgan fingerprint density at radius 2 is 2.23 bits per heavy atom. The van der Waals surface area contributed by atoms with E-state index in [0.717, 1.165) is 4.85 Å². The normalized spacial score (nSPS) is 10.5. The average Bonchev–Trinajstić information content (AvgIpc) is 2.47. The molecule has 0 bridgehead atoms. The molecule has 10 heteroatoms. The van der Waals surface area contributed by atoms with Crippen molar-refractivity contribution in [1.82, 2.24) is 25.5 Å². The van der Waals surface area contributed by atoms with Crippen molar-refractivity contribution in [3.63, 3.8) is 0 Å². The first-order valence-corrected chi connectivity index (χ1v) is 3.10. The second-order valence-corrected chi connectivity index (χ2v) is 2.01. The van der Waals surface area contributed by atoms with Crippen LogP contribution in [0.1, 0.15) is 0 Å². The van der Waals surface area contributed by atoms with Gasteiger partial charge < -0.3 is 15.3 Å². The molecule has 0 saturated carbocycles. The monoisotopic (exact) mass is 185 g/mol. The summed E-state index contributed by atoms with van der Waals surface area (Å²) >= 11 is 0. The molecule has 0 unspecified atom stereocenters. The van der Waals surface area contributed by atoms with Crippen LogP contribution in [-0.2, 0) is 0 Å². The van der Waals surface area contributed by atoms with E-state index in [1.807, 2.05) is 0 Å². The summed E-state index contributed by atoms with van der Waals surface area (Å²) in [6, 6.07) is 0. The highest BCUT2D eigenvalue weighted by atomic mass is 16.7. The fourth-order valence-electron chi connectivity index (χ4n) is 0.815. The van der Waals surface area contributed by atoms with Crippen LogP contribution < -0.4 is 14.6 Å². The van der Waals surface area contributed by atoms with Crippen molar-refractivity contribution in [2.24, 2.45) is 0 Å². The predicted molar refractivity (Wildman–Crippen MR) is 33.5 cm³/mol. The van der Waals surface area contributed by atoms with Crippen molar-refractivity contribution in [1.29, 1.82) is 0 Å². The summed E-state index contributed by atoms with van der Waals surface area (Å²) in [6.07, 6.45) is 0. The molecular weight excluding hydrogens is 182 g/mol. The first-order chi connectivity index (χ1) is 6.22. The van der Waals surface area contributed by atoms with Crippen LogP contribution in [0.15, 0.2) is 0 Å². The topological polar surface area (TPSA) is 120 Å². The van der Waals surface area contributed by atoms with Crippen molar-refractivity contribution in [2.45, 2.75) is 0 Å². The molecule has 0 atom stereocenters. The van der Waals surface area contributed by atoms with Crippen LogP contribution in [0.5, 0.6) is 0 Å². The summed E-state index contributed by atoms with van der Waals surface area (Å²) in [5.74, 6) is 0. The van der Waals surface area contributed by atoms with E-state index in [2.05, 4.69) is 25.5 Å². The van der Waals surface area contributed by atoms with E-state index >= 15 is 0 Å². The summed E-state index contributed by atoms with van der Waals surface area (Å²) < 4.78 is 0. The minimum absolute atomic E-state index is 0.0266. The van der Waals surface area contributed by atoms with Gasteiger partial charge >= 0.3 is 16.5 Å². The van der Waals surface area contributed by atoms with Gasteiger partial charge in [-0.1, -0.05) is 5.10 Å². The third kappa shape index (κ3) is 0.953. The van der Waals surface area contributed by atoms with Gasteiger partial charge in [-0.3, -0.25) is 0 Å². The highest BCUT2D eigenvalue weighted by Crippen LogP contribution is 1.94. The Labute approximate surface area is 70.0 Å². The number of fused-ring (bicyclic) bond motifs is 1. The zero-order valence-corrected chi connectivity index (χ0v) is 6.36. The van der Waals surface area contributed by atoms with Crippen molar-refractivity contribution < 1.29 is 14.6 Å². The lowest BCUT2D eigenvalue weighted by atomic mass is 10.8. The second-order valence-electron chi connectivity index (χ2n) is 2.01. The van der Waals surface area contributed by atoms with E-state index in [1.54, 1.807) is 0 Å². The number of rotatable bonds is 1. The Balaban J connectivity index is 2.82. The zero-order chi connectivity index (χ0) is 9.42. The first kappa shape index (κ1) is 7.39. The van der Waals surface area contributed by atoms with Gasteiger partial charge in [0.05, 0.1) is 5.10 Å². The smallest absolute Gasteiger partial charge is 0.431 e. The summed E-state index contributed by atoms with van der Waals surface area (Å²) in [5, 5.41) is 34.5. The lowest BCUT2D eigenvalue weighted by molar-refractivity contribution is -0.864. The Hall–Kier alpha value is -2.26. The summed E-state index contributed by atoms with van der Waals surface area (Å²) in [4.78, 5) is 5.30. The van der Waals surface area contributed by atoms with Crippen LogP contribution in [0, 0.1) is 10.4 Å². The maximum Gasteiger partial charge on any atom is 0.431 e. The average molecular weight is 185 g/mol. The standard InChI is InChI=1S/C3H3N7O3/c1-13-9-3-2(4-6-9)5-10(12)7-8(3)11/h1H3. The van der Waals surface area contributed by atoms with Gasteiger partial charge in [0, 0.05) is 4.85 Å². The van der Waals surface area contributed by atoms with Gasteiger partial charge in [0.1, 0.15) is 12.1 Å². The molecule has 13 heavy (non-hydrogen) atoms. The maximum atomic E-state index is 11.0. The minimum atomic E-state index is -0.149. The van der Waals surface area contributed by atoms with E-state index < -0.39 is 0 Å². The molecule has 0 radical (unpaired) electrons. The van der Waals surface area contributed by atoms with Gasteiger partial charge in [-0.15, -0.1) is 0 Å². The second kappa shape index (κ2) is 2.36. The van der Waals surface area contributed by atoms with Gasteiger partial charge in [0.25, 0.3) is 0 Å². The molecule has 2 rings (SSSR count). The summed E-state index contributed by atoms with van der Waals surface area (Å²) in [5.41, 5.74) is -0.281. The van der Waals surface area contributed by atoms with Crippen LogP contribution >= 0.6 is 0 Å². The van der Waals surface area contributed by atoms with Crippen molar-refractivity contribution >= 4 is 11.3 Å². The van der Waals surface area contributed by atoms with Crippen molar-refractivity contribution in [2.75, 3.05) is 7.11 Å². The van der Waals surface area contributed by atoms with Crippen molar-refractivity contribution in [3.8, 4) is 0 Å². The fourth-order valence-corrected chi connectivity index (χ4v) is 0.815. The highest BCUT2D eigenvalue weighted by Gasteiger charge is 2.22. The highest BCUT2D eigenvalue weighted by molar-refractivity contribution is 5.57. The van der Waals surface area contributed by atoms with Crippen LogP contribution in [0.25, 0.3) is 11.3 Å². The molecule has 68 valence electrons. The third-order valence-electron chi connectivity index (χ3n) is 1.29. The molecule has 0 aliphatic carbocycles. The molecule has 0 amide bonds. The Bertz CT molecular complexity index is 451. The zero-order valence-electron chi connectivity index (χ0n) is 6.36. The summed E-state index contributed by atoms with van der Waals surface area (Å²) in [7, 11) is 1.28. The van der Waals surface area contributed by atoms with E-state index in [1.165, 1.54) is 7.11 Å². The molecule has 0 fully saturated rings.